The molecule has 6 nitrogen and oxygen atoms in total. The maximum Gasteiger partial charge on any atom is 0.315 e. The van der Waals surface area contributed by atoms with Crippen molar-refractivity contribution in [1.29, 1.82) is 0 Å². The molecule has 0 aliphatic heterocycles. The number of aryl methyl sites for hydroxylation is 2. The Hall–Kier alpha value is -3.09. The smallest absolute Gasteiger partial charge is 0.315 e. The third-order valence-corrected chi connectivity index (χ3v) is 4.08. The number of benzene rings is 2. The van der Waals surface area contributed by atoms with Crippen molar-refractivity contribution in [3.63, 3.8) is 0 Å². The highest BCUT2D eigenvalue weighted by atomic mass is 19.1. The van der Waals surface area contributed by atoms with Crippen molar-refractivity contribution in [2.24, 2.45) is 0 Å². The van der Waals surface area contributed by atoms with Gasteiger partial charge in [-0.2, -0.15) is 0 Å². The summed E-state index contributed by atoms with van der Waals surface area (Å²) in [6.45, 7) is 4.91. The van der Waals surface area contributed by atoms with E-state index in [2.05, 4.69) is 16.7 Å². The summed E-state index contributed by atoms with van der Waals surface area (Å²) in [4.78, 5) is 25.4. The van der Waals surface area contributed by atoms with Gasteiger partial charge in [-0.1, -0.05) is 18.2 Å². The summed E-state index contributed by atoms with van der Waals surface area (Å²) >= 11 is 0. The van der Waals surface area contributed by atoms with E-state index in [1.54, 1.807) is 19.2 Å². The van der Waals surface area contributed by atoms with E-state index in [4.69, 9.17) is 4.74 Å². The number of ether oxygens (including phenoxy) is 1. The van der Waals surface area contributed by atoms with Crippen molar-refractivity contribution >= 4 is 11.9 Å². The molecule has 7 heteroatoms. The van der Waals surface area contributed by atoms with Gasteiger partial charge in [0.05, 0.1) is 13.1 Å². The van der Waals surface area contributed by atoms with Gasteiger partial charge in [-0.15, -0.1) is 0 Å². The predicted molar refractivity (Wildman–Crippen MR) is 106 cm³/mol. The van der Waals surface area contributed by atoms with Crippen molar-refractivity contribution in [3.05, 3.63) is 65.0 Å². The van der Waals surface area contributed by atoms with Gasteiger partial charge >= 0.3 is 6.03 Å². The fourth-order valence-corrected chi connectivity index (χ4v) is 2.58. The zero-order valence-corrected chi connectivity index (χ0v) is 16.4. The van der Waals surface area contributed by atoms with E-state index >= 15 is 0 Å². The Balaban J connectivity index is 1.65. The quantitative estimate of drug-likeness (QED) is 0.732. The fraction of sp³-hybridized carbons (Fsp3) is 0.333. The number of halogens is 1. The normalized spacial score (nSPS) is 10.3. The van der Waals surface area contributed by atoms with Gasteiger partial charge in [-0.3, -0.25) is 4.79 Å². The molecule has 0 unspecified atom stereocenters. The second-order valence-electron chi connectivity index (χ2n) is 6.65. The molecule has 2 N–H and O–H groups in total. The van der Waals surface area contributed by atoms with E-state index < -0.39 is 6.03 Å². The van der Waals surface area contributed by atoms with Crippen LogP contribution >= 0.6 is 0 Å². The Kier molecular flexibility index (Phi) is 7.80. The lowest BCUT2D eigenvalue weighted by Crippen LogP contribution is -2.43. The van der Waals surface area contributed by atoms with E-state index in [1.807, 2.05) is 26.0 Å². The first-order chi connectivity index (χ1) is 13.3. The molecular formula is C21H26FN3O3. The molecule has 0 aromatic heterocycles. The summed E-state index contributed by atoms with van der Waals surface area (Å²) in [5, 5.41) is 5.13. The molecule has 0 saturated heterocycles. The van der Waals surface area contributed by atoms with Crippen LogP contribution in [-0.4, -0.2) is 43.6 Å². The summed E-state index contributed by atoms with van der Waals surface area (Å²) in [5.41, 5.74) is 3.01. The minimum absolute atomic E-state index is 0.116. The van der Waals surface area contributed by atoms with Crippen LogP contribution in [0.1, 0.15) is 16.7 Å². The van der Waals surface area contributed by atoms with Crippen molar-refractivity contribution in [2.75, 3.05) is 26.7 Å². The molecule has 150 valence electrons. The van der Waals surface area contributed by atoms with Gasteiger partial charge in [0.15, 0.2) is 0 Å². The molecule has 0 aliphatic rings. The molecule has 0 saturated carbocycles. The molecule has 0 spiro atoms. The topological polar surface area (TPSA) is 70.7 Å². The second kappa shape index (κ2) is 10.3. The lowest BCUT2D eigenvalue weighted by molar-refractivity contribution is -0.129. The summed E-state index contributed by atoms with van der Waals surface area (Å²) in [6, 6.07) is 11.3. The van der Waals surface area contributed by atoms with Crippen LogP contribution in [0, 0.1) is 19.7 Å². The Morgan fingerprint density at radius 1 is 1.04 bits per heavy atom. The number of nitrogens with one attached hydrogen (secondary N) is 2. The maximum absolute atomic E-state index is 12.8. The monoisotopic (exact) mass is 387 g/mol. The number of carbonyl (C=O) groups is 2. The highest BCUT2D eigenvalue weighted by Gasteiger charge is 2.10. The Morgan fingerprint density at radius 2 is 1.68 bits per heavy atom. The van der Waals surface area contributed by atoms with Gasteiger partial charge in [-0.25, -0.2) is 9.18 Å². The van der Waals surface area contributed by atoms with Crippen LogP contribution in [0.3, 0.4) is 0 Å². The average Bonchev–Trinajstić information content (AvgIpc) is 2.64. The highest BCUT2D eigenvalue weighted by Crippen LogP contribution is 2.16. The SMILES string of the molecule is Cc1cc(C)cc(OCCN(C)C(=O)CNC(=O)NCc2ccc(F)cc2)c1. The molecule has 2 aromatic rings. The number of urea groups is 1. The number of carbonyl (C=O) groups excluding carboxylic acids is 2. The molecule has 2 aromatic carbocycles. The fourth-order valence-electron chi connectivity index (χ4n) is 2.58. The van der Waals surface area contributed by atoms with Crippen molar-refractivity contribution in [1.82, 2.24) is 15.5 Å². The first-order valence-corrected chi connectivity index (χ1v) is 9.04. The van der Waals surface area contributed by atoms with Crippen molar-refractivity contribution in [2.45, 2.75) is 20.4 Å². The van der Waals surface area contributed by atoms with Gasteiger partial charge < -0.3 is 20.3 Å². The number of hydrogen-bond acceptors (Lipinski definition) is 3. The highest BCUT2D eigenvalue weighted by molar-refractivity contribution is 5.83. The number of likely N-dealkylation sites (N-methyl/N-ethyl adjacent to an activating group) is 1. The van der Waals surface area contributed by atoms with Crippen LogP contribution in [0.15, 0.2) is 42.5 Å². The third kappa shape index (κ3) is 7.26. The molecular weight excluding hydrogens is 361 g/mol. The Bertz CT molecular complexity index is 789. The molecule has 28 heavy (non-hydrogen) atoms. The first-order valence-electron chi connectivity index (χ1n) is 9.04. The zero-order valence-electron chi connectivity index (χ0n) is 16.4. The van der Waals surface area contributed by atoms with Gasteiger partial charge in [-0.05, 0) is 54.8 Å². The van der Waals surface area contributed by atoms with Crippen LogP contribution in [-0.2, 0) is 11.3 Å². The Labute approximate surface area is 164 Å². The van der Waals surface area contributed by atoms with E-state index in [0.717, 1.165) is 22.4 Å². The van der Waals surface area contributed by atoms with Crippen molar-refractivity contribution in [3.8, 4) is 5.75 Å². The molecule has 0 radical (unpaired) electrons. The van der Waals surface area contributed by atoms with E-state index in [0.29, 0.717) is 13.2 Å². The second-order valence-corrected chi connectivity index (χ2v) is 6.65. The van der Waals surface area contributed by atoms with Crippen molar-refractivity contribution < 1.29 is 18.7 Å². The minimum Gasteiger partial charge on any atom is -0.492 e. The maximum atomic E-state index is 12.8. The van der Waals surface area contributed by atoms with E-state index in [1.165, 1.54) is 17.0 Å². The van der Waals surface area contributed by atoms with Crippen LogP contribution in [0.25, 0.3) is 0 Å². The van der Waals surface area contributed by atoms with Crippen LogP contribution in [0.5, 0.6) is 5.75 Å². The number of hydrogen-bond donors (Lipinski definition) is 2. The molecule has 0 heterocycles. The van der Waals surface area contributed by atoms with Gasteiger partial charge in [0, 0.05) is 13.6 Å². The average molecular weight is 387 g/mol. The third-order valence-electron chi connectivity index (χ3n) is 4.08. The standard InChI is InChI=1S/C21H26FN3O3/c1-15-10-16(2)12-19(11-15)28-9-8-25(3)20(26)14-24-21(27)23-13-17-4-6-18(22)7-5-17/h4-7,10-12H,8-9,13-14H2,1-3H3,(H2,23,24,27). The first kappa shape index (κ1) is 21.2. The van der Waals surface area contributed by atoms with Crippen LogP contribution < -0.4 is 15.4 Å². The van der Waals surface area contributed by atoms with Gasteiger partial charge in [0.2, 0.25) is 5.91 Å². The number of rotatable bonds is 8. The van der Waals surface area contributed by atoms with Crippen LogP contribution in [0.2, 0.25) is 0 Å². The van der Waals surface area contributed by atoms with E-state index in [-0.39, 0.29) is 24.8 Å². The number of amides is 3. The van der Waals surface area contributed by atoms with Gasteiger partial charge in [0.1, 0.15) is 18.2 Å². The summed E-state index contributed by atoms with van der Waals surface area (Å²) in [5.74, 6) is 0.223. The molecule has 2 rings (SSSR count). The molecule has 0 bridgehead atoms. The molecule has 0 atom stereocenters. The summed E-state index contributed by atoms with van der Waals surface area (Å²) < 4.78 is 18.5. The summed E-state index contributed by atoms with van der Waals surface area (Å²) in [7, 11) is 1.66. The lowest BCUT2D eigenvalue weighted by Gasteiger charge is -2.18. The molecule has 0 aliphatic carbocycles. The Morgan fingerprint density at radius 3 is 2.32 bits per heavy atom. The van der Waals surface area contributed by atoms with Gasteiger partial charge in [0.25, 0.3) is 0 Å². The largest absolute Gasteiger partial charge is 0.492 e. The predicted octanol–water partition coefficient (Wildman–Crippen LogP) is 2.78. The lowest BCUT2D eigenvalue weighted by atomic mass is 10.1. The van der Waals surface area contributed by atoms with E-state index in [9.17, 15) is 14.0 Å². The zero-order chi connectivity index (χ0) is 20.5. The van der Waals surface area contributed by atoms with Crippen LogP contribution in [0.4, 0.5) is 9.18 Å². The molecule has 0 fully saturated rings. The summed E-state index contributed by atoms with van der Waals surface area (Å²) in [6.07, 6.45) is 0. The number of nitrogens with zero attached hydrogens (tertiary/aromatic N) is 1. The molecule has 3 amide bonds. The minimum atomic E-state index is -0.461.